The molecule has 0 saturated heterocycles. The lowest BCUT2D eigenvalue weighted by Gasteiger charge is -1.96. The molecule has 0 bridgehead atoms. The summed E-state index contributed by atoms with van der Waals surface area (Å²) in [5.74, 6) is 0. The number of rotatable bonds is 2. The van der Waals surface area contributed by atoms with E-state index in [9.17, 15) is 0 Å². The van der Waals surface area contributed by atoms with E-state index in [1.807, 2.05) is 26.0 Å². The van der Waals surface area contributed by atoms with Crippen LogP contribution in [-0.4, -0.2) is 31.6 Å². The number of hydrogen-bond acceptors (Lipinski definition) is 2. The summed E-state index contributed by atoms with van der Waals surface area (Å²) in [5.41, 5.74) is -0.248. The molecule has 0 aliphatic rings. The first kappa shape index (κ1) is 12.5. The second-order valence-corrected chi connectivity index (χ2v) is 2.80. The van der Waals surface area contributed by atoms with Crippen LogP contribution < -0.4 is 0 Å². The maximum absolute atomic E-state index is 5.28. The van der Waals surface area contributed by atoms with Gasteiger partial charge in [0.2, 0.25) is 0 Å². The van der Waals surface area contributed by atoms with Crippen LogP contribution in [0.25, 0.3) is 0 Å². The highest BCUT2D eigenvalue weighted by Gasteiger charge is 1.84. The highest BCUT2D eigenvalue weighted by atomic mass is 35.5. The zero-order chi connectivity index (χ0) is 8.57. The van der Waals surface area contributed by atoms with Crippen molar-refractivity contribution in [2.24, 2.45) is 0 Å². The van der Waals surface area contributed by atoms with Crippen LogP contribution in [0.5, 0.6) is 0 Å². The standard InChI is InChI=1S/C4H7ClO.C3H9N/c1-3-6-4(2)5;1-4(2)3/h3-4H,1H2,2H3;1-3H3. The maximum atomic E-state index is 5.28. The van der Waals surface area contributed by atoms with E-state index in [0.29, 0.717) is 0 Å². The zero-order valence-electron chi connectivity index (χ0n) is 7.10. The first-order valence-electron chi connectivity index (χ1n) is 3.02. The summed E-state index contributed by atoms with van der Waals surface area (Å²) < 4.78 is 4.57. The molecule has 0 aromatic heterocycles. The van der Waals surface area contributed by atoms with E-state index in [4.69, 9.17) is 11.6 Å². The van der Waals surface area contributed by atoms with E-state index in [0.717, 1.165) is 0 Å². The molecule has 0 amide bonds. The lowest BCUT2D eigenvalue weighted by Crippen LogP contribution is -1.99. The van der Waals surface area contributed by atoms with Crippen LogP contribution in [-0.2, 0) is 4.74 Å². The predicted octanol–water partition coefficient (Wildman–Crippen LogP) is 1.91. The van der Waals surface area contributed by atoms with E-state index < -0.39 is 0 Å². The van der Waals surface area contributed by atoms with Crippen molar-refractivity contribution >= 4 is 11.6 Å². The van der Waals surface area contributed by atoms with Gasteiger partial charge < -0.3 is 9.64 Å². The van der Waals surface area contributed by atoms with Crippen LogP contribution in [0.4, 0.5) is 0 Å². The molecule has 0 aliphatic heterocycles. The largest absolute Gasteiger partial charge is 0.483 e. The first-order chi connectivity index (χ1) is 4.50. The van der Waals surface area contributed by atoms with Gasteiger partial charge in [-0.05, 0) is 28.1 Å². The molecule has 2 nitrogen and oxygen atoms in total. The Morgan fingerprint density at radius 1 is 1.50 bits per heavy atom. The summed E-state index contributed by atoms with van der Waals surface area (Å²) in [4.78, 5) is 2.00. The van der Waals surface area contributed by atoms with Crippen molar-refractivity contribution in [2.45, 2.75) is 12.5 Å². The molecule has 0 fully saturated rings. The second-order valence-electron chi connectivity index (χ2n) is 2.19. The third kappa shape index (κ3) is 46.1. The Kier molecular flexibility index (Phi) is 11.0. The molecule has 0 spiro atoms. The average Bonchev–Trinajstić information content (AvgIpc) is 1.62. The Bertz CT molecular complexity index is 71.3. The van der Waals surface area contributed by atoms with Crippen LogP contribution >= 0.6 is 11.6 Å². The van der Waals surface area contributed by atoms with Gasteiger partial charge in [0.25, 0.3) is 0 Å². The third-order valence-corrected chi connectivity index (χ3v) is 0.387. The van der Waals surface area contributed by atoms with Gasteiger partial charge in [-0.1, -0.05) is 18.2 Å². The molecule has 0 aliphatic carbocycles. The zero-order valence-corrected chi connectivity index (χ0v) is 7.85. The van der Waals surface area contributed by atoms with Crippen molar-refractivity contribution in [3.63, 3.8) is 0 Å². The molecule has 0 rings (SSSR count). The van der Waals surface area contributed by atoms with Gasteiger partial charge in [-0.2, -0.15) is 0 Å². The van der Waals surface area contributed by atoms with Gasteiger partial charge in [-0.25, -0.2) is 0 Å². The van der Waals surface area contributed by atoms with Gasteiger partial charge in [-0.15, -0.1) is 0 Å². The normalized spacial score (nSPS) is 11.4. The summed E-state index contributed by atoms with van der Waals surface area (Å²) in [6.07, 6.45) is 1.32. The molecular weight excluding hydrogens is 150 g/mol. The predicted molar refractivity (Wildman–Crippen MR) is 46.2 cm³/mol. The van der Waals surface area contributed by atoms with E-state index in [1.54, 1.807) is 6.92 Å². The van der Waals surface area contributed by atoms with Crippen molar-refractivity contribution < 1.29 is 4.74 Å². The van der Waals surface area contributed by atoms with Gasteiger partial charge in [0.05, 0.1) is 6.26 Å². The molecule has 0 aromatic carbocycles. The summed E-state index contributed by atoms with van der Waals surface area (Å²) in [6, 6.07) is 0. The van der Waals surface area contributed by atoms with E-state index >= 15 is 0 Å². The molecule has 0 saturated carbocycles. The minimum atomic E-state index is -0.248. The van der Waals surface area contributed by atoms with Crippen molar-refractivity contribution in [3.8, 4) is 0 Å². The Labute approximate surface area is 68.4 Å². The Hall–Kier alpha value is -0.210. The molecule has 0 radical (unpaired) electrons. The fourth-order valence-corrected chi connectivity index (χ4v) is 0.205. The van der Waals surface area contributed by atoms with E-state index in [1.165, 1.54) is 6.26 Å². The van der Waals surface area contributed by atoms with Crippen LogP contribution in [0.2, 0.25) is 0 Å². The molecule has 0 heterocycles. The molecule has 3 heteroatoms. The lowest BCUT2D eigenvalue weighted by atomic mass is 10.8. The number of hydrogen-bond donors (Lipinski definition) is 0. The van der Waals surface area contributed by atoms with E-state index in [-0.39, 0.29) is 5.56 Å². The van der Waals surface area contributed by atoms with Gasteiger partial charge in [0.15, 0.2) is 5.56 Å². The topological polar surface area (TPSA) is 12.5 Å². The third-order valence-electron chi connectivity index (χ3n) is 0.284. The van der Waals surface area contributed by atoms with Crippen LogP contribution in [0, 0.1) is 0 Å². The number of halogens is 1. The summed E-state index contributed by atoms with van der Waals surface area (Å²) in [7, 11) is 6.00. The smallest absolute Gasteiger partial charge is 0.168 e. The molecular formula is C7H16ClNO. The van der Waals surface area contributed by atoms with Crippen LogP contribution in [0.1, 0.15) is 6.92 Å². The van der Waals surface area contributed by atoms with Crippen molar-refractivity contribution in [2.75, 3.05) is 21.1 Å². The summed E-state index contributed by atoms with van der Waals surface area (Å²) in [6.45, 7) is 5.02. The highest BCUT2D eigenvalue weighted by Crippen LogP contribution is 1.93. The Balaban J connectivity index is 0. The van der Waals surface area contributed by atoms with Gasteiger partial charge >= 0.3 is 0 Å². The van der Waals surface area contributed by atoms with Gasteiger partial charge in [0.1, 0.15) is 0 Å². The fourth-order valence-electron chi connectivity index (χ4n) is 0.133. The summed E-state index contributed by atoms with van der Waals surface area (Å²) in [5, 5.41) is 0. The molecule has 1 unspecified atom stereocenters. The molecule has 0 aromatic rings. The molecule has 10 heavy (non-hydrogen) atoms. The van der Waals surface area contributed by atoms with Crippen molar-refractivity contribution in [3.05, 3.63) is 12.8 Å². The van der Waals surface area contributed by atoms with Gasteiger partial charge in [0, 0.05) is 0 Å². The molecule has 1 atom stereocenters. The Morgan fingerprint density at radius 2 is 1.80 bits per heavy atom. The Morgan fingerprint density at radius 3 is 1.80 bits per heavy atom. The minimum Gasteiger partial charge on any atom is -0.483 e. The van der Waals surface area contributed by atoms with Crippen LogP contribution in [0.3, 0.4) is 0 Å². The first-order valence-corrected chi connectivity index (χ1v) is 3.45. The maximum Gasteiger partial charge on any atom is 0.168 e. The van der Waals surface area contributed by atoms with E-state index in [2.05, 4.69) is 11.3 Å². The van der Waals surface area contributed by atoms with Crippen molar-refractivity contribution in [1.29, 1.82) is 0 Å². The number of alkyl halides is 1. The van der Waals surface area contributed by atoms with Gasteiger partial charge in [-0.3, -0.25) is 0 Å². The minimum absolute atomic E-state index is 0.248. The fraction of sp³-hybridized carbons (Fsp3) is 0.714. The number of nitrogens with zero attached hydrogens (tertiary/aromatic N) is 1. The van der Waals surface area contributed by atoms with Crippen molar-refractivity contribution in [1.82, 2.24) is 4.90 Å². The molecule has 62 valence electrons. The average molecular weight is 166 g/mol. The molecule has 0 N–H and O–H groups in total. The quantitative estimate of drug-likeness (QED) is 0.458. The SMILES string of the molecule is C=COC(C)Cl.CN(C)C. The van der Waals surface area contributed by atoms with Crippen LogP contribution in [0.15, 0.2) is 12.8 Å². The summed E-state index contributed by atoms with van der Waals surface area (Å²) >= 11 is 5.28. The second kappa shape index (κ2) is 8.79. The monoisotopic (exact) mass is 165 g/mol. The lowest BCUT2D eigenvalue weighted by molar-refractivity contribution is 0.234. The highest BCUT2D eigenvalue weighted by molar-refractivity contribution is 6.19. The number of ether oxygens (including phenoxy) is 1.